The molecule has 7 nitrogen and oxygen atoms in total. The highest BCUT2D eigenvalue weighted by atomic mass is 32.2. The minimum Gasteiger partial charge on any atom is -0.462 e. The molecular weight excluding hydrogens is 488 g/mol. The molecule has 0 aromatic carbocycles. The number of hydrogen-bond acceptors (Lipinski definition) is 8. The molecule has 3 aromatic heterocycles. The number of aromatic nitrogens is 3. The molecule has 0 radical (unpaired) electrons. The molecule has 10 heteroatoms. The van der Waals surface area contributed by atoms with Crippen LogP contribution in [0.1, 0.15) is 58.4 Å². The van der Waals surface area contributed by atoms with Crippen LogP contribution >= 0.6 is 34.4 Å². The number of anilines is 1. The number of fused-ring (bicyclic) bond motifs is 1. The molecule has 182 valence electrons. The predicted molar refractivity (Wildman–Crippen MR) is 139 cm³/mol. The summed E-state index contributed by atoms with van der Waals surface area (Å²) in [5.41, 5.74) is 3.88. The van der Waals surface area contributed by atoms with Crippen molar-refractivity contribution in [1.29, 1.82) is 0 Å². The van der Waals surface area contributed by atoms with Crippen LogP contribution in [0, 0.1) is 19.8 Å². The Kier molecular flexibility index (Phi) is 7.79. The summed E-state index contributed by atoms with van der Waals surface area (Å²) in [6.45, 7) is 11.3. The number of hydrogen-bond donors (Lipinski definition) is 1. The number of thioether (sulfide) groups is 1. The van der Waals surface area contributed by atoms with Gasteiger partial charge < -0.3 is 14.6 Å². The zero-order valence-corrected chi connectivity index (χ0v) is 22.6. The maximum absolute atomic E-state index is 12.9. The Balaban J connectivity index is 1.50. The first-order valence-corrected chi connectivity index (χ1v) is 14.2. The highest BCUT2D eigenvalue weighted by Gasteiger charge is 2.29. The summed E-state index contributed by atoms with van der Waals surface area (Å²) in [5, 5.41) is 15.2. The highest BCUT2D eigenvalue weighted by molar-refractivity contribution is 7.99. The van der Waals surface area contributed by atoms with E-state index in [0.29, 0.717) is 34.8 Å². The number of esters is 1. The molecule has 0 aliphatic heterocycles. The molecule has 34 heavy (non-hydrogen) atoms. The first-order chi connectivity index (χ1) is 16.3. The summed E-state index contributed by atoms with van der Waals surface area (Å²) in [6, 6.07) is 0. The number of amides is 1. The molecule has 0 saturated carbocycles. The van der Waals surface area contributed by atoms with Gasteiger partial charge in [0.05, 0.1) is 17.9 Å². The van der Waals surface area contributed by atoms with Crippen molar-refractivity contribution in [3.63, 3.8) is 0 Å². The third-order valence-corrected chi connectivity index (χ3v) is 9.29. The van der Waals surface area contributed by atoms with Crippen LogP contribution in [-0.2, 0) is 28.9 Å². The van der Waals surface area contributed by atoms with Gasteiger partial charge in [-0.3, -0.25) is 4.79 Å². The van der Waals surface area contributed by atoms with E-state index in [2.05, 4.69) is 41.7 Å². The van der Waals surface area contributed by atoms with Crippen molar-refractivity contribution in [2.75, 3.05) is 17.7 Å². The molecule has 1 aliphatic rings. The van der Waals surface area contributed by atoms with Gasteiger partial charge in [-0.2, -0.15) is 0 Å². The third-order valence-electron chi connectivity index (χ3n) is 6.14. The third kappa shape index (κ3) is 4.94. The number of thiophene rings is 2. The standard InChI is InChI=1S/C24H30N4O3S3/c1-6-28-21(17-11-32-15(5)14(17)4)26-27-24(28)33-12-19(29)25-22-20(23(30)31-7-2)16-9-8-13(3)10-18(16)34-22/h11,13H,6-10,12H2,1-5H3,(H,25,29). The monoisotopic (exact) mass is 518 g/mol. The van der Waals surface area contributed by atoms with Crippen molar-refractivity contribution >= 4 is 51.3 Å². The van der Waals surface area contributed by atoms with Crippen LogP contribution in [0.15, 0.2) is 10.5 Å². The average Bonchev–Trinajstić information content (AvgIpc) is 3.47. The lowest BCUT2D eigenvalue weighted by Crippen LogP contribution is -2.18. The van der Waals surface area contributed by atoms with Gasteiger partial charge in [-0.15, -0.1) is 32.9 Å². The van der Waals surface area contributed by atoms with E-state index in [9.17, 15) is 9.59 Å². The van der Waals surface area contributed by atoms with E-state index in [4.69, 9.17) is 4.74 Å². The maximum atomic E-state index is 12.9. The summed E-state index contributed by atoms with van der Waals surface area (Å²) >= 11 is 4.57. The minimum atomic E-state index is -0.352. The Hall–Kier alpha value is -2.17. The zero-order chi connectivity index (χ0) is 24.4. The molecule has 0 saturated heterocycles. The number of nitrogens with zero attached hydrogens (tertiary/aromatic N) is 3. The Labute approximate surface area is 212 Å². The molecule has 0 spiro atoms. The topological polar surface area (TPSA) is 86.1 Å². The van der Waals surface area contributed by atoms with Gasteiger partial charge >= 0.3 is 5.97 Å². The number of carbonyl (C=O) groups is 2. The number of nitrogens with one attached hydrogen (secondary N) is 1. The summed E-state index contributed by atoms with van der Waals surface area (Å²) in [4.78, 5) is 28.0. The molecule has 3 aromatic rings. The Bertz CT molecular complexity index is 1210. The second kappa shape index (κ2) is 10.6. The molecule has 1 atom stereocenters. The number of aryl methyl sites for hydroxylation is 1. The number of rotatable bonds is 8. The molecule has 1 N–H and O–H groups in total. The van der Waals surface area contributed by atoms with E-state index in [-0.39, 0.29) is 17.6 Å². The van der Waals surface area contributed by atoms with Crippen LogP contribution in [0.5, 0.6) is 0 Å². The number of carbonyl (C=O) groups excluding carboxylic acids is 2. The minimum absolute atomic E-state index is 0.169. The predicted octanol–water partition coefficient (Wildman–Crippen LogP) is 5.74. The van der Waals surface area contributed by atoms with E-state index < -0.39 is 0 Å². The molecule has 1 unspecified atom stereocenters. The SMILES string of the molecule is CCOC(=O)c1c(NC(=O)CSc2nnc(-c3csc(C)c3C)n2CC)sc2c1CCC(C)C2. The lowest BCUT2D eigenvalue weighted by Gasteiger charge is -2.18. The summed E-state index contributed by atoms with van der Waals surface area (Å²) in [6.07, 6.45) is 2.81. The molecule has 0 fully saturated rings. The Morgan fingerprint density at radius 1 is 1.29 bits per heavy atom. The van der Waals surface area contributed by atoms with Gasteiger partial charge in [0.2, 0.25) is 5.91 Å². The van der Waals surface area contributed by atoms with E-state index in [1.807, 2.05) is 11.5 Å². The zero-order valence-electron chi connectivity index (χ0n) is 20.2. The van der Waals surface area contributed by atoms with Gasteiger partial charge in [0.15, 0.2) is 11.0 Å². The molecule has 4 rings (SSSR count). The van der Waals surface area contributed by atoms with Crippen molar-refractivity contribution in [2.24, 2.45) is 5.92 Å². The molecule has 0 bridgehead atoms. The maximum Gasteiger partial charge on any atom is 0.341 e. The first-order valence-electron chi connectivity index (χ1n) is 11.6. The quantitative estimate of drug-likeness (QED) is 0.302. The second-order valence-electron chi connectivity index (χ2n) is 8.49. The summed E-state index contributed by atoms with van der Waals surface area (Å²) in [7, 11) is 0. The van der Waals surface area contributed by atoms with Crippen LogP contribution in [0.4, 0.5) is 5.00 Å². The van der Waals surface area contributed by atoms with Crippen molar-refractivity contribution in [3.8, 4) is 11.4 Å². The molecule has 3 heterocycles. The van der Waals surface area contributed by atoms with Gasteiger partial charge in [-0.05, 0) is 64.0 Å². The van der Waals surface area contributed by atoms with Crippen LogP contribution in [0.3, 0.4) is 0 Å². The number of ether oxygens (including phenoxy) is 1. The largest absolute Gasteiger partial charge is 0.462 e. The normalized spacial score (nSPS) is 15.3. The summed E-state index contributed by atoms with van der Waals surface area (Å²) in [5.74, 6) is 1.06. The van der Waals surface area contributed by atoms with E-state index in [1.54, 1.807) is 18.3 Å². The average molecular weight is 519 g/mol. The van der Waals surface area contributed by atoms with Crippen molar-refractivity contribution in [1.82, 2.24) is 14.8 Å². The smallest absolute Gasteiger partial charge is 0.341 e. The van der Waals surface area contributed by atoms with Crippen LogP contribution in [-0.4, -0.2) is 39.0 Å². The van der Waals surface area contributed by atoms with E-state index in [0.717, 1.165) is 36.2 Å². The fourth-order valence-electron chi connectivity index (χ4n) is 4.16. The molecular formula is C24H30N4O3S3. The van der Waals surface area contributed by atoms with Crippen molar-refractivity contribution < 1.29 is 14.3 Å². The van der Waals surface area contributed by atoms with E-state index >= 15 is 0 Å². The van der Waals surface area contributed by atoms with Gasteiger partial charge in [-0.25, -0.2) is 4.79 Å². The Morgan fingerprint density at radius 3 is 2.76 bits per heavy atom. The highest BCUT2D eigenvalue weighted by Crippen LogP contribution is 2.40. The van der Waals surface area contributed by atoms with Gasteiger partial charge in [0, 0.05) is 27.2 Å². The Morgan fingerprint density at radius 2 is 2.09 bits per heavy atom. The van der Waals surface area contributed by atoms with E-state index in [1.165, 1.54) is 38.4 Å². The fourth-order valence-corrected chi connectivity index (χ4v) is 7.25. The lowest BCUT2D eigenvalue weighted by atomic mass is 9.88. The molecule has 1 amide bonds. The first kappa shape index (κ1) is 24.9. The molecule has 1 aliphatic carbocycles. The summed E-state index contributed by atoms with van der Waals surface area (Å²) < 4.78 is 7.35. The van der Waals surface area contributed by atoms with Crippen molar-refractivity contribution in [3.05, 3.63) is 31.8 Å². The van der Waals surface area contributed by atoms with Gasteiger partial charge in [-0.1, -0.05) is 18.7 Å². The van der Waals surface area contributed by atoms with Crippen LogP contribution in [0.25, 0.3) is 11.4 Å². The van der Waals surface area contributed by atoms with Crippen LogP contribution in [0.2, 0.25) is 0 Å². The van der Waals surface area contributed by atoms with Crippen molar-refractivity contribution in [2.45, 2.75) is 65.6 Å². The van der Waals surface area contributed by atoms with Crippen LogP contribution < -0.4 is 5.32 Å². The van der Waals surface area contributed by atoms with Gasteiger partial charge in [0.25, 0.3) is 0 Å². The lowest BCUT2D eigenvalue weighted by molar-refractivity contribution is -0.113. The van der Waals surface area contributed by atoms with Gasteiger partial charge in [0.1, 0.15) is 5.00 Å². The fraction of sp³-hybridized carbons (Fsp3) is 0.500. The second-order valence-corrected chi connectivity index (χ2v) is 11.6.